The molecule has 2 saturated carbocycles. The van der Waals surface area contributed by atoms with Crippen molar-refractivity contribution < 1.29 is 14.7 Å². The molecule has 2 N–H and O–H groups in total. The van der Waals surface area contributed by atoms with Crippen LogP contribution in [0, 0.1) is 23.7 Å². The zero-order valence-electron chi connectivity index (χ0n) is 9.57. The second-order valence-electron chi connectivity index (χ2n) is 4.96. The number of aliphatic carboxylic acids is 1. The van der Waals surface area contributed by atoms with Crippen molar-refractivity contribution in [1.29, 1.82) is 0 Å². The zero-order chi connectivity index (χ0) is 12.7. The lowest BCUT2D eigenvalue weighted by Crippen LogP contribution is -2.37. The Morgan fingerprint density at radius 2 is 2.06 bits per heavy atom. The van der Waals surface area contributed by atoms with E-state index >= 15 is 0 Å². The van der Waals surface area contributed by atoms with Crippen molar-refractivity contribution in [3.05, 3.63) is 5.51 Å². The molecular weight excluding hydrogens is 254 g/mol. The van der Waals surface area contributed by atoms with Gasteiger partial charge in [0.1, 0.15) is 5.51 Å². The summed E-state index contributed by atoms with van der Waals surface area (Å²) in [6.07, 6.45) is 2.76. The number of fused-ring (bicyclic) bond motifs is 2. The maximum absolute atomic E-state index is 12.2. The Morgan fingerprint density at radius 3 is 2.67 bits per heavy atom. The number of hydrogen-bond donors (Lipinski definition) is 2. The molecule has 2 aliphatic carbocycles. The van der Waals surface area contributed by atoms with Crippen molar-refractivity contribution in [2.24, 2.45) is 23.7 Å². The van der Waals surface area contributed by atoms with E-state index in [2.05, 4.69) is 15.5 Å². The lowest BCUT2D eigenvalue weighted by atomic mass is 9.79. The van der Waals surface area contributed by atoms with E-state index in [0.29, 0.717) is 5.13 Å². The molecule has 1 aromatic heterocycles. The van der Waals surface area contributed by atoms with Gasteiger partial charge >= 0.3 is 5.97 Å². The number of carbonyl (C=O) groups excluding carboxylic acids is 1. The average molecular weight is 267 g/mol. The fourth-order valence-corrected chi connectivity index (χ4v) is 3.89. The minimum atomic E-state index is -0.848. The zero-order valence-corrected chi connectivity index (χ0v) is 10.4. The number of carboxylic acid groups (broad SMARTS) is 1. The first-order chi connectivity index (χ1) is 8.66. The summed E-state index contributed by atoms with van der Waals surface area (Å²) in [6, 6.07) is 0. The number of nitrogens with zero attached hydrogens (tertiary/aromatic N) is 2. The van der Waals surface area contributed by atoms with Crippen LogP contribution in [0.1, 0.15) is 19.3 Å². The van der Waals surface area contributed by atoms with Gasteiger partial charge in [0.15, 0.2) is 0 Å². The molecule has 1 aromatic rings. The highest BCUT2D eigenvalue weighted by Gasteiger charge is 2.54. The molecule has 96 valence electrons. The van der Waals surface area contributed by atoms with Crippen LogP contribution in [-0.2, 0) is 9.59 Å². The first-order valence-corrected chi connectivity index (χ1v) is 6.84. The number of amides is 1. The van der Waals surface area contributed by atoms with Crippen molar-refractivity contribution >= 4 is 28.3 Å². The van der Waals surface area contributed by atoms with Crippen molar-refractivity contribution in [3.63, 3.8) is 0 Å². The van der Waals surface area contributed by atoms with Gasteiger partial charge in [-0.2, -0.15) is 0 Å². The van der Waals surface area contributed by atoms with Crippen molar-refractivity contribution in [2.45, 2.75) is 19.3 Å². The van der Waals surface area contributed by atoms with Crippen LogP contribution in [0.3, 0.4) is 0 Å². The standard InChI is InChI=1S/C11H13N3O3S/c15-9(13-11-14-12-4-18-11)7-5-1-2-6(3-5)8(7)10(16)17/h4-8H,1-3H2,(H,16,17)(H,13,14,15)/t5-,6+,7+,8+/m1/s1. The highest BCUT2D eigenvalue weighted by atomic mass is 32.1. The Hall–Kier alpha value is -1.50. The molecule has 3 rings (SSSR count). The topological polar surface area (TPSA) is 92.2 Å². The van der Waals surface area contributed by atoms with E-state index in [4.69, 9.17) is 0 Å². The molecule has 0 radical (unpaired) electrons. The minimum Gasteiger partial charge on any atom is -0.481 e. The summed E-state index contributed by atoms with van der Waals surface area (Å²) in [6.45, 7) is 0. The van der Waals surface area contributed by atoms with E-state index in [1.165, 1.54) is 16.8 Å². The van der Waals surface area contributed by atoms with Crippen LogP contribution in [0.15, 0.2) is 5.51 Å². The molecule has 0 unspecified atom stereocenters. The minimum absolute atomic E-state index is 0.165. The Labute approximate surface area is 107 Å². The molecule has 18 heavy (non-hydrogen) atoms. The largest absolute Gasteiger partial charge is 0.481 e. The van der Waals surface area contributed by atoms with E-state index < -0.39 is 17.8 Å². The summed E-state index contributed by atoms with van der Waals surface area (Å²) in [5, 5.41) is 19.8. The third-order valence-electron chi connectivity index (χ3n) is 4.09. The van der Waals surface area contributed by atoms with E-state index in [1.807, 2.05) is 0 Å². The fraction of sp³-hybridized carbons (Fsp3) is 0.636. The highest BCUT2D eigenvalue weighted by Crippen LogP contribution is 2.52. The second kappa shape index (κ2) is 4.31. The molecule has 0 saturated heterocycles. The number of carbonyl (C=O) groups is 2. The Balaban J connectivity index is 1.78. The number of anilines is 1. The number of aromatic nitrogens is 2. The van der Waals surface area contributed by atoms with Crippen LogP contribution < -0.4 is 5.32 Å². The fourth-order valence-electron chi connectivity index (χ4n) is 3.44. The molecule has 4 atom stereocenters. The average Bonchev–Trinajstić information content (AvgIpc) is 3.03. The van der Waals surface area contributed by atoms with Gasteiger partial charge in [-0.15, -0.1) is 10.2 Å². The summed E-state index contributed by atoms with van der Waals surface area (Å²) in [7, 11) is 0. The van der Waals surface area contributed by atoms with E-state index in [9.17, 15) is 14.7 Å². The SMILES string of the molecule is O=C(O)[C@H]1[C@H]2CC[C@H](C2)[C@@H]1C(=O)Nc1nncs1. The van der Waals surface area contributed by atoms with Gasteiger partial charge in [-0.3, -0.25) is 9.59 Å². The van der Waals surface area contributed by atoms with Gasteiger partial charge in [-0.05, 0) is 31.1 Å². The number of hydrogen-bond acceptors (Lipinski definition) is 5. The summed E-state index contributed by atoms with van der Waals surface area (Å²) in [5.74, 6) is -1.63. The Morgan fingerprint density at radius 1 is 1.33 bits per heavy atom. The van der Waals surface area contributed by atoms with Crippen molar-refractivity contribution in [3.8, 4) is 0 Å². The molecule has 6 nitrogen and oxygen atoms in total. The van der Waals surface area contributed by atoms with Gasteiger partial charge in [0.05, 0.1) is 11.8 Å². The molecule has 0 spiro atoms. The van der Waals surface area contributed by atoms with Gasteiger partial charge in [-0.1, -0.05) is 11.3 Å². The number of carboxylic acids is 1. The van der Waals surface area contributed by atoms with Crippen LogP contribution in [0.25, 0.3) is 0 Å². The van der Waals surface area contributed by atoms with Gasteiger partial charge in [0.25, 0.3) is 0 Å². The molecule has 7 heteroatoms. The predicted molar refractivity (Wildman–Crippen MR) is 64.0 cm³/mol. The number of rotatable bonds is 3. The molecule has 1 heterocycles. The van der Waals surface area contributed by atoms with E-state index in [1.54, 1.807) is 0 Å². The maximum Gasteiger partial charge on any atom is 0.307 e. The van der Waals surface area contributed by atoms with Crippen molar-refractivity contribution in [1.82, 2.24) is 10.2 Å². The third kappa shape index (κ3) is 1.78. The monoisotopic (exact) mass is 267 g/mol. The lowest BCUT2D eigenvalue weighted by molar-refractivity contribution is -0.148. The van der Waals surface area contributed by atoms with Gasteiger partial charge in [0, 0.05) is 0 Å². The molecule has 2 aliphatic rings. The molecule has 0 aliphatic heterocycles. The molecule has 2 fully saturated rings. The second-order valence-corrected chi connectivity index (χ2v) is 5.79. The summed E-state index contributed by atoms with van der Waals surface area (Å²) >= 11 is 1.24. The molecule has 2 bridgehead atoms. The van der Waals surface area contributed by atoms with Crippen LogP contribution in [0.5, 0.6) is 0 Å². The van der Waals surface area contributed by atoms with Gasteiger partial charge < -0.3 is 10.4 Å². The maximum atomic E-state index is 12.2. The third-order valence-corrected chi connectivity index (χ3v) is 4.70. The van der Waals surface area contributed by atoms with Crippen LogP contribution >= 0.6 is 11.3 Å². The van der Waals surface area contributed by atoms with E-state index in [0.717, 1.165) is 19.3 Å². The van der Waals surface area contributed by atoms with Crippen LogP contribution in [0.4, 0.5) is 5.13 Å². The summed E-state index contributed by atoms with van der Waals surface area (Å²) in [5.41, 5.74) is 1.53. The van der Waals surface area contributed by atoms with Crippen molar-refractivity contribution in [2.75, 3.05) is 5.32 Å². The first-order valence-electron chi connectivity index (χ1n) is 5.96. The Kier molecular flexibility index (Phi) is 2.77. The van der Waals surface area contributed by atoms with Crippen LogP contribution in [0.2, 0.25) is 0 Å². The van der Waals surface area contributed by atoms with Crippen LogP contribution in [-0.4, -0.2) is 27.2 Å². The number of nitrogens with one attached hydrogen (secondary N) is 1. The normalized spacial score (nSPS) is 33.6. The van der Waals surface area contributed by atoms with Gasteiger partial charge in [0.2, 0.25) is 11.0 Å². The molecular formula is C11H13N3O3S. The lowest BCUT2D eigenvalue weighted by Gasteiger charge is -2.26. The summed E-state index contributed by atoms with van der Waals surface area (Å²) in [4.78, 5) is 23.5. The molecule has 1 amide bonds. The Bertz CT molecular complexity index is 476. The smallest absolute Gasteiger partial charge is 0.307 e. The van der Waals surface area contributed by atoms with E-state index in [-0.39, 0.29) is 17.7 Å². The highest BCUT2D eigenvalue weighted by molar-refractivity contribution is 7.13. The molecule has 0 aromatic carbocycles. The first kappa shape index (κ1) is 11.6. The summed E-state index contributed by atoms with van der Waals surface area (Å²) < 4.78 is 0. The van der Waals surface area contributed by atoms with Gasteiger partial charge in [-0.25, -0.2) is 0 Å². The predicted octanol–water partition coefficient (Wildman–Crippen LogP) is 1.22. The quantitative estimate of drug-likeness (QED) is 0.859.